The van der Waals surface area contributed by atoms with Crippen LogP contribution in [0.3, 0.4) is 0 Å². The summed E-state index contributed by atoms with van der Waals surface area (Å²) in [6.07, 6.45) is 1.80. The van der Waals surface area contributed by atoms with E-state index in [4.69, 9.17) is 4.98 Å². The van der Waals surface area contributed by atoms with Crippen LogP contribution in [-0.4, -0.2) is 9.97 Å². The second-order valence-electron chi connectivity index (χ2n) is 5.72. The quantitative estimate of drug-likeness (QED) is 0.265. The van der Waals surface area contributed by atoms with Gasteiger partial charge in [0.2, 0.25) is 0 Å². The van der Waals surface area contributed by atoms with Crippen molar-refractivity contribution in [1.29, 1.82) is 0 Å². The standard InChI is InChI=1S/C21H17N3.2BrH.Ni/c1-16-15-21(23-19-12-6-5-11-18(16)19)24(17-9-3-2-4-10-17)20-13-7-8-14-22-20;;;/h2-15H,1H3;2*1H;/q;;;+2/p-2. The molecule has 2 aromatic carbocycles. The number of nitrogens with zero attached hydrogens (tertiary/aromatic N) is 3. The Labute approximate surface area is 179 Å². The van der Waals surface area contributed by atoms with Gasteiger partial charge in [0.15, 0.2) is 0 Å². The maximum atomic E-state index is 4.88. The van der Waals surface area contributed by atoms with E-state index in [1.165, 1.54) is 21.8 Å². The Bertz CT molecular complexity index is 958. The number of halogens is 2. The summed E-state index contributed by atoms with van der Waals surface area (Å²) in [5.41, 5.74) is 3.23. The zero-order valence-corrected chi connectivity index (χ0v) is 18.7. The molecule has 0 amide bonds. The number of rotatable bonds is 3. The molecule has 2 aromatic heterocycles. The van der Waals surface area contributed by atoms with Crippen LogP contribution in [0.15, 0.2) is 85.1 Å². The van der Waals surface area contributed by atoms with Gasteiger partial charge in [-0.3, -0.25) is 4.90 Å². The van der Waals surface area contributed by atoms with Gasteiger partial charge in [-0.2, -0.15) is 0 Å². The maximum absolute atomic E-state index is 4.88. The zero-order chi connectivity index (χ0) is 19.1. The molecule has 4 rings (SSSR count). The molecule has 0 bridgehead atoms. The van der Waals surface area contributed by atoms with Crippen molar-refractivity contribution in [1.82, 2.24) is 9.97 Å². The molecule has 0 atom stereocenters. The molecule has 0 N–H and O–H groups in total. The van der Waals surface area contributed by atoms with E-state index in [2.05, 4.69) is 69.5 Å². The van der Waals surface area contributed by atoms with Crippen LogP contribution in [0, 0.1) is 6.92 Å². The normalized spacial score (nSPS) is 10.3. The number of aryl methyl sites for hydroxylation is 1. The van der Waals surface area contributed by atoms with Gasteiger partial charge in [-0.05, 0) is 48.9 Å². The van der Waals surface area contributed by atoms with Gasteiger partial charge in [0, 0.05) is 17.3 Å². The van der Waals surface area contributed by atoms with Gasteiger partial charge >= 0.3 is 39.3 Å². The number of hydrogen-bond donors (Lipinski definition) is 0. The number of para-hydroxylation sites is 2. The first kappa shape index (κ1) is 20.0. The van der Waals surface area contributed by atoms with Gasteiger partial charge in [0.1, 0.15) is 11.6 Å². The molecule has 140 valence electrons. The predicted molar refractivity (Wildman–Crippen MR) is 117 cm³/mol. The molecule has 2 heterocycles. The summed E-state index contributed by atoms with van der Waals surface area (Å²) in [4.78, 5) is 11.5. The summed E-state index contributed by atoms with van der Waals surface area (Å²) in [6, 6.07) is 26.5. The number of anilines is 3. The summed E-state index contributed by atoms with van der Waals surface area (Å²) in [5.74, 6) is 1.72. The predicted octanol–water partition coefficient (Wildman–Crippen LogP) is 7.10. The monoisotopic (exact) mass is 527 g/mol. The Morgan fingerprint density at radius 3 is 2.19 bits per heavy atom. The molecule has 0 radical (unpaired) electrons. The second-order valence-corrected chi connectivity index (χ2v) is 10.7. The van der Waals surface area contributed by atoms with Crippen molar-refractivity contribution in [3.63, 3.8) is 0 Å². The Morgan fingerprint density at radius 1 is 0.815 bits per heavy atom. The summed E-state index contributed by atoms with van der Waals surface area (Å²) in [7, 11) is 1.25. The minimum absolute atomic E-state index is 0.853. The van der Waals surface area contributed by atoms with E-state index in [1.807, 2.05) is 54.6 Å². The van der Waals surface area contributed by atoms with Crippen LogP contribution in [0.25, 0.3) is 10.9 Å². The number of fused-ring (bicyclic) bond motifs is 1. The van der Waals surface area contributed by atoms with Crippen molar-refractivity contribution >= 4 is 56.7 Å². The summed E-state index contributed by atoms with van der Waals surface area (Å²) in [6.45, 7) is 2.12. The van der Waals surface area contributed by atoms with Gasteiger partial charge in [0.05, 0.1) is 5.52 Å². The fraction of sp³-hybridized carbons (Fsp3) is 0.0476. The number of pyridine rings is 2. The van der Waals surface area contributed by atoms with E-state index < -0.39 is 0 Å². The molecular weight excluding hydrogens is 513 g/mol. The van der Waals surface area contributed by atoms with Gasteiger partial charge in [-0.15, -0.1) is 0 Å². The molecule has 0 aliphatic heterocycles. The van der Waals surface area contributed by atoms with Gasteiger partial charge in [0.25, 0.3) is 0 Å². The Kier molecular flexibility index (Phi) is 7.39. The van der Waals surface area contributed by atoms with Crippen molar-refractivity contribution in [2.45, 2.75) is 6.92 Å². The van der Waals surface area contributed by atoms with Crippen molar-refractivity contribution in [3.05, 3.63) is 90.6 Å². The minimum atomic E-state index is 0.853. The van der Waals surface area contributed by atoms with Gasteiger partial charge in [-0.25, -0.2) is 9.97 Å². The van der Waals surface area contributed by atoms with E-state index in [0.29, 0.717) is 0 Å². The van der Waals surface area contributed by atoms with Crippen LogP contribution in [0.2, 0.25) is 0 Å². The van der Waals surface area contributed by atoms with Crippen LogP contribution in [-0.2, 0) is 10.9 Å². The average Bonchev–Trinajstić information content (AvgIpc) is 2.71. The van der Waals surface area contributed by atoms with Crippen molar-refractivity contribution < 1.29 is 10.9 Å². The van der Waals surface area contributed by atoms with E-state index >= 15 is 0 Å². The Morgan fingerprint density at radius 2 is 1.48 bits per heavy atom. The molecule has 6 heteroatoms. The summed E-state index contributed by atoms with van der Waals surface area (Å²) < 4.78 is 0. The Hall–Kier alpha value is -1.75. The molecule has 27 heavy (non-hydrogen) atoms. The van der Waals surface area contributed by atoms with Crippen LogP contribution < -0.4 is 4.90 Å². The van der Waals surface area contributed by atoms with Crippen LogP contribution in [0.4, 0.5) is 17.3 Å². The first-order valence-corrected chi connectivity index (χ1v) is 13.1. The molecular formula is C21H17Br2N3Ni. The topological polar surface area (TPSA) is 29.0 Å². The van der Waals surface area contributed by atoms with Crippen molar-refractivity contribution in [2.75, 3.05) is 4.90 Å². The molecule has 0 spiro atoms. The van der Waals surface area contributed by atoms with E-state index in [9.17, 15) is 0 Å². The summed E-state index contributed by atoms with van der Waals surface area (Å²) >= 11 is 6.00. The first-order valence-electron chi connectivity index (χ1n) is 8.19. The van der Waals surface area contributed by atoms with Crippen LogP contribution >= 0.6 is 28.5 Å². The third-order valence-electron chi connectivity index (χ3n) is 4.03. The van der Waals surface area contributed by atoms with Crippen molar-refractivity contribution in [3.8, 4) is 0 Å². The molecule has 0 saturated carbocycles. The first-order chi connectivity index (χ1) is 13.2. The van der Waals surface area contributed by atoms with Gasteiger partial charge in [-0.1, -0.05) is 42.5 Å². The molecule has 3 nitrogen and oxygen atoms in total. The molecule has 0 unspecified atom stereocenters. The van der Waals surface area contributed by atoms with Gasteiger partial charge < -0.3 is 0 Å². The molecule has 0 aliphatic rings. The van der Waals surface area contributed by atoms with E-state index in [1.54, 1.807) is 6.20 Å². The molecule has 4 aromatic rings. The SMILES string of the molecule is Cc1cc(N(c2ccccc2)c2ccccn2)nc2ccccc12.[Br][Ni][Br]. The molecule has 0 fully saturated rings. The fourth-order valence-electron chi connectivity index (χ4n) is 2.89. The van der Waals surface area contributed by atoms with Crippen molar-refractivity contribution in [2.24, 2.45) is 0 Å². The second kappa shape index (κ2) is 9.98. The molecule has 0 aliphatic carbocycles. The number of aromatic nitrogens is 2. The summed E-state index contributed by atoms with van der Waals surface area (Å²) in [5, 5.41) is 1.18. The third kappa shape index (κ3) is 4.95. The van der Waals surface area contributed by atoms with E-state index in [-0.39, 0.29) is 0 Å². The number of hydrogen-bond acceptors (Lipinski definition) is 3. The average molecular weight is 530 g/mol. The third-order valence-corrected chi connectivity index (χ3v) is 4.03. The van der Waals surface area contributed by atoms with E-state index in [0.717, 1.165) is 22.8 Å². The zero-order valence-electron chi connectivity index (χ0n) is 14.5. The fourth-order valence-corrected chi connectivity index (χ4v) is 2.89. The van der Waals surface area contributed by atoms with Crippen LogP contribution in [0.1, 0.15) is 5.56 Å². The number of benzene rings is 2. The Balaban J connectivity index is 0.000000659. The molecule has 0 saturated heterocycles. The van der Waals surface area contributed by atoms with Crippen LogP contribution in [0.5, 0.6) is 0 Å².